The molecule has 0 aromatic carbocycles. The van der Waals surface area contributed by atoms with E-state index in [9.17, 15) is 5.11 Å². The fraction of sp³-hybridized carbons (Fsp3) is 1.00. The Morgan fingerprint density at radius 2 is 1.69 bits per heavy atom. The highest BCUT2D eigenvalue weighted by molar-refractivity contribution is 5.09. The summed E-state index contributed by atoms with van der Waals surface area (Å²) in [4.78, 5) is 0. The lowest BCUT2D eigenvalue weighted by molar-refractivity contribution is -0.101. The first-order chi connectivity index (χ1) is 6.06. The van der Waals surface area contributed by atoms with Gasteiger partial charge < -0.3 is 10.8 Å². The van der Waals surface area contributed by atoms with Gasteiger partial charge in [0.25, 0.3) is 0 Å². The summed E-state index contributed by atoms with van der Waals surface area (Å²) in [7, 11) is 0. The minimum atomic E-state index is -0.530. The number of aliphatic hydroxyl groups is 1. The largest absolute Gasteiger partial charge is 0.388 e. The molecular weight excluding hydrogens is 162 g/mol. The van der Waals surface area contributed by atoms with E-state index in [4.69, 9.17) is 5.73 Å². The topological polar surface area (TPSA) is 46.2 Å². The Labute approximate surface area is 80.5 Å². The standard InChI is InChI=1S/C11H21NO/c1-9-3-7-11(13,8-4-9)10(12)5-2-6-10/h9,13H,2-8,12H2,1H3. The van der Waals surface area contributed by atoms with E-state index >= 15 is 0 Å². The maximum Gasteiger partial charge on any atom is 0.0826 e. The third-order valence-corrected chi connectivity index (χ3v) is 4.27. The van der Waals surface area contributed by atoms with Crippen LogP contribution in [0.25, 0.3) is 0 Å². The second-order valence-electron chi connectivity index (χ2n) is 5.22. The van der Waals surface area contributed by atoms with Gasteiger partial charge in [0.1, 0.15) is 0 Å². The van der Waals surface area contributed by atoms with Gasteiger partial charge in [0, 0.05) is 5.54 Å². The summed E-state index contributed by atoms with van der Waals surface area (Å²) >= 11 is 0. The van der Waals surface area contributed by atoms with E-state index in [-0.39, 0.29) is 5.54 Å². The first-order valence-corrected chi connectivity index (χ1v) is 5.57. The van der Waals surface area contributed by atoms with E-state index in [0.29, 0.717) is 0 Å². The fourth-order valence-electron chi connectivity index (χ4n) is 2.76. The van der Waals surface area contributed by atoms with Crippen molar-refractivity contribution in [2.24, 2.45) is 11.7 Å². The van der Waals surface area contributed by atoms with Gasteiger partial charge in [-0.3, -0.25) is 0 Å². The lowest BCUT2D eigenvalue weighted by Crippen LogP contribution is -2.65. The molecule has 0 spiro atoms. The van der Waals surface area contributed by atoms with Gasteiger partial charge in [0.15, 0.2) is 0 Å². The van der Waals surface area contributed by atoms with Crippen molar-refractivity contribution in [3.05, 3.63) is 0 Å². The van der Waals surface area contributed by atoms with Crippen molar-refractivity contribution in [1.29, 1.82) is 0 Å². The molecule has 0 aromatic heterocycles. The number of hydrogen-bond donors (Lipinski definition) is 2. The molecule has 2 fully saturated rings. The van der Waals surface area contributed by atoms with Crippen LogP contribution in [-0.2, 0) is 0 Å². The van der Waals surface area contributed by atoms with Crippen molar-refractivity contribution >= 4 is 0 Å². The average molecular weight is 183 g/mol. The predicted molar refractivity (Wildman–Crippen MR) is 53.4 cm³/mol. The predicted octanol–water partition coefficient (Wildman–Crippen LogP) is 1.81. The lowest BCUT2D eigenvalue weighted by Gasteiger charge is -2.53. The van der Waals surface area contributed by atoms with Crippen LogP contribution in [0, 0.1) is 5.92 Å². The van der Waals surface area contributed by atoms with Crippen molar-refractivity contribution in [2.75, 3.05) is 0 Å². The molecule has 0 bridgehead atoms. The highest BCUT2D eigenvalue weighted by Gasteiger charge is 2.51. The zero-order valence-electron chi connectivity index (χ0n) is 8.55. The monoisotopic (exact) mass is 183 g/mol. The van der Waals surface area contributed by atoms with E-state index in [0.717, 1.165) is 44.4 Å². The van der Waals surface area contributed by atoms with Crippen LogP contribution in [0.1, 0.15) is 51.9 Å². The Hall–Kier alpha value is -0.0800. The molecule has 0 unspecified atom stereocenters. The lowest BCUT2D eigenvalue weighted by atomic mass is 9.60. The van der Waals surface area contributed by atoms with Gasteiger partial charge in [0.05, 0.1) is 5.60 Å². The summed E-state index contributed by atoms with van der Waals surface area (Å²) in [5.74, 6) is 0.781. The summed E-state index contributed by atoms with van der Waals surface area (Å²) in [5.41, 5.74) is 5.45. The molecule has 2 saturated carbocycles. The minimum Gasteiger partial charge on any atom is -0.388 e. The maximum atomic E-state index is 10.4. The first kappa shape index (κ1) is 9.47. The van der Waals surface area contributed by atoms with Gasteiger partial charge >= 0.3 is 0 Å². The second kappa shape index (κ2) is 2.96. The summed E-state index contributed by atoms with van der Waals surface area (Å²) in [5, 5.41) is 10.4. The third-order valence-electron chi connectivity index (χ3n) is 4.27. The second-order valence-corrected chi connectivity index (χ2v) is 5.22. The van der Waals surface area contributed by atoms with Crippen molar-refractivity contribution in [2.45, 2.75) is 63.0 Å². The summed E-state index contributed by atoms with van der Waals surface area (Å²) in [6, 6.07) is 0. The highest BCUT2D eigenvalue weighted by atomic mass is 16.3. The van der Waals surface area contributed by atoms with E-state index in [1.165, 1.54) is 6.42 Å². The van der Waals surface area contributed by atoms with Crippen LogP contribution in [0.4, 0.5) is 0 Å². The Kier molecular flexibility index (Phi) is 2.16. The van der Waals surface area contributed by atoms with Gasteiger partial charge in [-0.05, 0) is 50.9 Å². The molecule has 0 radical (unpaired) electrons. The molecule has 13 heavy (non-hydrogen) atoms. The molecule has 76 valence electrons. The molecular formula is C11H21NO. The smallest absolute Gasteiger partial charge is 0.0826 e. The van der Waals surface area contributed by atoms with Crippen LogP contribution in [-0.4, -0.2) is 16.2 Å². The van der Waals surface area contributed by atoms with Crippen LogP contribution in [0.15, 0.2) is 0 Å². The van der Waals surface area contributed by atoms with Crippen LogP contribution in [0.2, 0.25) is 0 Å². The van der Waals surface area contributed by atoms with Crippen LogP contribution in [0.3, 0.4) is 0 Å². The minimum absolute atomic E-state index is 0.229. The number of nitrogens with two attached hydrogens (primary N) is 1. The van der Waals surface area contributed by atoms with E-state index < -0.39 is 5.60 Å². The van der Waals surface area contributed by atoms with Crippen molar-refractivity contribution in [3.8, 4) is 0 Å². The summed E-state index contributed by atoms with van der Waals surface area (Å²) < 4.78 is 0. The molecule has 0 heterocycles. The number of hydrogen-bond acceptors (Lipinski definition) is 2. The SMILES string of the molecule is CC1CCC(O)(C2(N)CCC2)CC1. The normalized spacial score (nSPS) is 44.1. The van der Waals surface area contributed by atoms with Crippen molar-refractivity contribution in [3.63, 3.8) is 0 Å². The van der Waals surface area contributed by atoms with Gasteiger partial charge in [-0.1, -0.05) is 6.92 Å². The van der Waals surface area contributed by atoms with Gasteiger partial charge in [-0.15, -0.1) is 0 Å². The summed E-state index contributed by atoms with van der Waals surface area (Å²) in [6.45, 7) is 2.27. The average Bonchev–Trinajstić information content (AvgIpc) is 2.06. The van der Waals surface area contributed by atoms with Gasteiger partial charge in [0.2, 0.25) is 0 Å². The Balaban J connectivity index is 2.03. The quantitative estimate of drug-likeness (QED) is 0.651. The molecule has 2 heteroatoms. The molecule has 3 N–H and O–H groups in total. The first-order valence-electron chi connectivity index (χ1n) is 5.57. The molecule has 2 rings (SSSR count). The molecule has 0 atom stereocenters. The molecule has 0 amide bonds. The number of rotatable bonds is 1. The van der Waals surface area contributed by atoms with Gasteiger partial charge in [-0.2, -0.15) is 0 Å². The van der Waals surface area contributed by atoms with Crippen LogP contribution >= 0.6 is 0 Å². The Bertz CT molecular complexity index is 190. The molecule has 2 aliphatic rings. The van der Waals surface area contributed by atoms with E-state index in [1.807, 2.05) is 0 Å². The van der Waals surface area contributed by atoms with Gasteiger partial charge in [-0.25, -0.2) is 0 Å². The van der Waals surface area contributed by atoms with Crippen LogP contribution < -0.4 is 5.73 Å². The van der Waals surface area contributed by atoms with E-state index in [2.05, 4.69) is 6.92 Å². The Morgan fingerprint density at radius 1 is 1.15 bits per heavy atom. The Morgan fingerprint density at radius 3 is 2.08 bits per heavy atom. The summed E-state index contributed by atoms with van der Waals surface area (Å²) in [6.07, 6.45) is 7.39. The molecule has 2 aliphatic carbocycles. The van der Waals surface area contributed by atoms with Crippen molar-refractivity contribution in [1.82, 2.24) is 0 Å². The van der Waals surface area contributed by atoms with Crippen LogP contribution in [0.5, 0.6) is 0 Å². The zero-order valence-corrected chi connectivity index (χ0v) is 8.55. The highest BCUT2D eigenvalue weighted by Crippen LogP contribution is 2.46. The molecule has 2 nitrogen and oxygen atoms in total. The maximum absolute atomic E-state index is 10.4. The molecule has 0 saturated heterocycles. The molecule has 0 aromatic rings. The van der Waals surface area contributed by atoms with Crippen molar-refractivity contribution < 1.29 is 5.11 Å². The van der Waals surface area contributed by atoms with E-state index in [1.54, 1.807) is 0 Å². The third kappa shape index (κ3) is 1.40. The fourth-order valence-corrected chi connectivity index (χ4v) is 2.76. The zero-order chi connectivity index (χ0) is 9.53. The molecule has 0 aliphatic heterocycles.